The standard InChI is InChI=1S/C20H22F3N3O/c1-25-10-8-14(9-11-25)26(2)18-5-3-4-13(24-18)12-17(27)15-6-7-16(21)20(23)19(15)22/h3-7,14H,8-12H2,1-2H3. The van der Waals surface area contributed by atoms with Crippen LogP contribution in [-0.4, -0.2) is 48.9 Å². The van der Waals surface area contributed by atoms with Gasteiger partial charge in [0, 0.05) is 13.1 Å². The minimum Gasteiger partial charge on any atom is -0.357 e. The van der Waals surface area contributed by atoms with E-state index in [4.69, 9.17) is 0 Å². The van der Waals surface area contributed by atoms with Crippen molar-refractivity contribution in [2.24, 2.45) is 0 Å². The van der Waals surface area contributed by atoms with E-state index < -0.39 is 28.8 Å². The number of likely N-dealkylation sites (tertiary alicyclic amines) is 1. The molecule has 27 heavy (non-hydrogen) atoms. The highest BCUT2D eigenvalue weighted by molar-refractivity contribution is 5.97. The molecule has 3 rings (SSSR count). The number of piperidine rings is 1. The first-order valence-electron chi connectivity index (χ1n) is 8.91. The second-order valence-corrected chi connectivity index (χ2v) is 6.96. The minimum absolute atomic E-state index is 0.183. The van der Waals surface area contributed by atoms with E-state index in [0.717, 1.165) is 43.9 Å². The zero-order valence-corrected chi connectivity index (χ0v) is 15.4. The quantitative estimate of drug-likeness (QED) is 0.591. The summed E-state index contributed by atoms with van der Waals surface area (Å²) in [6.07, 6.45) is 1.87. The molecule has 0 amide bonds. The van der Waals surface area contributed by atoms with Gasteiger partial charge < -0.3 is 9.80 Å². The van der Waals surface area contributed by atoms with Crippen molar-refractivity contribution in [2.45, 2.75) is 25.3 Å². The number of anilines is 1. The molecular formula is C20H22F3N3O. The summed E-state index contributed by atoms with van der Waals surface area (Å²) in [5.74, 6) is -4.31. The first-order valence-corrected chi connectivity index (χ1v) is 8.91. The van der Waals surface area contributed by atoms with Gasteiger partial charge in [-0.05, 0) is 57.2 Å². The summed E-state index contributed by atoms with van der Waals surface area (Å²) >= 11 is 0. The van der Waals surface area contributed by atoms with Crippen LogP contribution in [0.4, 0.5) is 19.0 Å². The number of carbonyl (C=O) groups is 1. The molecule has 2 heterocycles. The van der Waals surface area contributed by atoms with Crippen molar-refractivity contribution in [3.05, 3.63) is 59.0 Å². The van der Waals surface area contributed by atoms with E-state index in [0.29, 0.717) is 11.7 Å². The van der Waals surface area contributed by atoms with Crippen LogP contribution in [0.2, 0.25) is 0 Å². The Balaban J connectivity index is 1.74. The highest BCUT2D eigenvalue weighted by atomic mass is 19.2. The van der Waals surface area contributed by atoms with E-state index >= 15 is 0 Å². The van der Waals surface area contributed by atoms with E-state index in [1.54, 1.807) is 12.1 Å². The molecule has 4 nitrogen and oxygen atoms in total. The molecule has 0 atom stereocenters. The van der Waals surface area contributed by atoms with E-state index in [1.807, 2.05) is 13.1 Å². The molecule has 1 aliphatic heterocycles. The van der Waals surface area contributed by atoms with Crippen LogP contribution in [0.3, 0.4) is 0 Å². The Morgan fingerprint density at radius 3 is 2.56 bits per heavy atom. The molecule has 2 aromatic rings. The molecule has 0 spiro atoms. The summed E-state index contributed by atoms with van der Waals surface area (Å²) in [6, 6.07) is 7.40. The molecular weight excluding hydrogens is 355 g/mol. The Kier molecular flexibility index (Phi) is 5.79. The average molecular weight is 377 g/mol. The van der Waals surface area contributed by atoms with Gasteiger partial charge in [0.25, 0.3) is 0 Å². The number of benzene rings is 1. The molecule has 0 radical (unpaired) electrons. The fourth-order valence-electron chi connectivity index (χ4n) is 3.33. The average Bonchev–Trinajstić information content (AvgIpc) is 2.66. The van der Waals surface area contributed by atoms with Crippen LogP contribution in [0.25, 0.3) is 0 Å². The van der Waals surface area contributed by atoms with Gasteiger partial charge in [-0.2, -0.15) is 0 Å². The van der Waals surface area contributed by atoms with Gasteiger partial charge in [-0.25, -0.2) is 18.2 Å². The Labute approximate surface area is 156 Å². The van der Waals surface area contributed by atoms with Crippen LogP contribution in [0.15, 0.2) is 30.3 Å². The third-order valence-corrected chi connectivity index (χ3v) is 5.07. The Morgan fingerprint density at radius 2 is 1.85 bits per heavy atom. The Hall–Kier alpha value is -2.41. The third-order valence-electron chi connectivity index (χ3n) is 5.07. The number of aromatic nitrogens is 1. The number of rotatable bonds is 5. The zero-order valence-electron chi connectivity index (χ0n) is 15.4. The van der Waals surface area contributed by atoms with Gasteiger partial charge in [0.1, 0.15) is 5.82 Å². The van der Waals surface area contributed by atoms with Crippen LogP contribution in [0.1, 0.15) is 28.9 Å². The van der Waals surface area contributed by atoms with Crippen LogP contribution in [0, 0.1) is 17.5 Å². The maximum Gasteiger partial charge on any atom is 0.195 e. The Morgan fingerprint density at radius 1 is 1.15 bits per heavy atom. The predicted octanol–water partition coefficient (Wildman–Crippen LogP) is 3.45. The molecule has 1 saturated heterocycles. The molecule has 1 aromatic carbocycles. The number of halogens is 3. The SMILES string of the molecule is CN1CCC(N(C)c2cccc(CC(=O)c3ccc(F)c(F)c3F)n2)CC1. The number of pyridine rings is 1. The number of carbonyl (C=O) groups excluding carboxylic acids is 1. The molecule has 0 N–H and O–H groups in total. The number of Topliss-reactive ketones (excluding diaryl/α,β-unsaturated/α-hetero) is 1. The van der Waals surface area contributed by atoms with Gasteiger partial charge >= 0.3 is 0 Å². The molecule has 144 valence electrons. The lowest BCUT2D eigenvalue weighted by Gasteiger charge is -2.35. The lowest BCUT2D eigenvalue weighted by molar-refractivity contribution is 0.0987. The molecule has 0 unspecified atom stereocenters. The van der Waals surface area contributed by atoms with Gasteiger partial charge in [-0.15, -0.1) is 0 Å². The zero-order chi connectivity index (χ0) is 19.6. The van der Waals surface area contributed by atoms with Gasteiger partial charge in [0.15, 0.2) is 23.2 Å². The second-order valence-electron chi connectivity index (χ2n) is 6.96. The topological polar surface area (TPSA) is 36.4 Å². The highest BCUT2D eigenvalue weighted by Gasteiger charge is 2.22. The van der Waals surface area contributed by atoms with Gasteiger partial charge in [0.05, 0.1) is 17.7 Å². The molecule has 1 aliphatic rings. The van der Waals surface area contributed by atoms with Gasteiger partial charge in [0.2, 0.25) is 0 Å². The van der Waals surface area contributed by atoms with Crippen LogP contribution in [0.5, 0.6) is 0 Å². The number of ketones is 1. The molecule has 0 aliphatic carbocycles. The molecule has 0 saturated carbocycles. The van der Waals surface area contributed by atoms with Crippen molar-refractivity contribution in [1.82, 2.24) is 9.88 Å². The normalized spacial score (nSPS) is 15.7. The second kappa shape index (κ2) is 8.08. The first-order chi connectivity index (χ1) is 12.9. The molecule has 1 aromatic heterocycles. The van der Waals surface area contributed by atoms with Crippen molar-refractivity contribution in [2.75, 3.05) is 32.1 Å². The van der Waals surface area contributed by atoms with E-state index in [-0.39, 0.29) is 6.42 Å². The van der Waals surface area contributed by atoms with Gasteiger partial charge in [-0.3, -0.25) is 4.79 Å². The predicted molar refractivity (Wildman–Crippen MR) is 97.5 cm³/mol. The number of nitrogens with zero attached hydrogens (tertiary/aromatic N) is 3. The smallest absolute Gasteiger partial charge is 0.195 e. The summed E-state index contributed by atoms with van der Waals surface area (Å²) in [5.41, 5.74) is -0.00816. The number of hydrogen-bond donors (Lipinski definition) is 0. The summed E-state index contributed by atoms with van der Waals surface area (Å²) in [7, 11) is 4.07. The summed E-state index contributed by atoms with van der Waals surface area (Å²) < 4.78 is 40.2. The van der Waals surface area contributed by atoms with Crippen molar-refractivity contribution in [1.29, 1.82) is 0 Å². The lowest BCUT2D eigenvalue weighted by atomic mass is 10.0. The van der Waals surface area contributed by atoms with Crippen LogP contribution < -0.4 is 4.90 Å². The third kappa shape index (κ3) is 4.30. The fraction of sp³-hybridized carbons (Fsp3) is 0.400. The number of hydrogen-bond acceptors (Lipinski definition) is 4. The summed E-state index contributed by atoms with van der Waals surface area (Å²) in [4.78, 5) is 21.2. The summed E-state index contributed by atoms with van der Waals surface area (Å²) in [5, 5.41) is 0. The van der Waals surface area contributed by atoms with E-state index in [2.05, 4.69) is 21.8 Å². The van der Waals surface area contributed by atoms with Crippen LogP contribution in [-0.2, 0) is 6.42 Å². The molecule has 1 fully saturated rings. The minimum atomic E-state index is -1.63. The van der Waals surface area contributed by atoms with Crippen molar-refractivity contribution >= 4 is 11.6 Å². The van der Waals surface area contributed by atoms with Crippen molar-refractivity contribution in [3.63, 3.8) is 0 Å². The summed E-state index contributed by atoms with van der Waals surface area (Å²) in [6.45, 7) is 2.03. The van der Waals surface area contributed by atoms with Crippen molar-refractivity contribution < 1.29 is 18.0 Å². The maximum atomic E-state index is 13.8. The first kappa shape index (κ1) is 19.4. The Bertz CT molecular complexity index is 835. The van der Waals surface area contributed by atoms with Crippen LogP contribution >= 0.6 is 0 Å². The molecule has 7 heteroatoms. The monoisotopic (exact) mass is 377 g/mol. The van der Waals surface area contributed by atoms with Gasteiger partial charge in [-0.1, -0.05) is 6.07 Å². The van der Waals surface area contributed by atoms with Crippen molar-refractivity contribution in [3.8, 4) is 0 Å². The van der Waals surface area contributed by atoms with E-state index in [1.165, 1.54) is 0 Å². The largest absolute Gasteiger partial charge is 0.357 e. The van der Waals surface area contributed by atoms with E-state index in [9.17, 15) is 18.0 Å². The molecule has 0 bridgehead atoms. The highest BCUT2D eigenvalue weighted by Crippen LogP contribution is 2.21. The fourth-order valence-corrected chi connectivity index (χ4v) is 3.33. The lowest BCUT2D eigenvalue weighted by Crippen LogP contribution is -2.42. The maximum absolute atomic E-state index is 13.8.